The van der Waals surface area contributed by atoms with Gasteiger partial charge in [-0.15, -0.1) is 0 Å². The first-order chi connectivity index (χ1) is 7.68. The van der Waals surface area contributed by atoms with Gasteiger partial charge in [0.05, 0.1) is 6.10 Å². The third-order valence-corrected chi connectivity index (χ3v) is 3.70. The van der Waals surface area contributed by atoms with Gasteiger partial charge in [0, 0.05) is 16.3 Å². The lowest BCUT2D eigenvalue weighted by molar-refractivity contribution is 0.0855. The van der Waals surface area contributed by atoms with E-state index >= 15 is 0 Å². The molecule has 1 aliphatic carbocycles. The highest BCUT2D eigenvalue weighted by Crippen LogP contribution is 2.36. The Morgan fingerprint density at radius 3 is 2.56 bits per heavy atom. The Balaban J connectivity index is 2.15. The van der Waals surface area contributed by atoms with Gasteiger partial charge in [0.2, 0.25) is 0 Å². The maximum atomic E-state index is 10.3. The summed E-state index contributed by atoms with van der Waals surface area (Å²) >= 11 is 5.85. The van der Waals surface area contributed by atoms with Crippen molar-refractivity contribution in [2.24, 2.45) is 5.92 Å². The van der Waals surface area contributed by atoms with Crippen LogP contribution in [0.15, 0.2) is 18.2 Å². The smallest absolute Gasteiger partial charge is 0.0838 e. The minimum absolute atomic E-state index is 0.359. The zero-order valence-corrected chi connectivity index (χ0v) is 10.1. The molecule has 0 bridgehead atoms. The van der Waals surface area contributed by atoms with Crippen LogP contribution in [0.1, 0.15) is 43.8 Å². The summed E-state index contributed by atoms with van der Waals surface area (Å²) in [6.07, 6.45) is 5.49. The molecule has 1 atom stereocenters. The summed E-state index contributed by atoms with van der Waals surface area (Å²) in [5.41, 5.74) is 7.32. The van der Waals surface area contributed by atoms with Crippen LogP contribution >= 0.6 is 11.6 Å². The van der Waals surface area contributed by atoms with E-state index in [2.05, 4.69) is 0 Å². The third kappa shape index (κ3) is 2.50. The molecule has 0 amide bonds. The number of rotatable bonds is 2. The fraction of sp³-hybridized carbons (Fsp3) is 0.538. The van der Waals surface area contributed by atoms with E-state index in [0.717, 1.165) is 18.4 Å². The lowest BCUT2D eigenvalue weighted by atomic mass is 9.82. The number of aliphatic hydroxyl groups excluding tert-OH is 1. The molecule has 1 aliphatic rings. The van der Waals surface area contributed by atoms with Crippen molar-refractivity contribution in [1.82, 2.24) is 0 Å². The van der Waals surface area contributed by atoms with Crippen molar-refractivity contribution in [3.05, 3.63) is 28.8 Å². The number of aliphatic hydroxyl groups is 1. The van der Waals surface area contributed by atoms with Crippen molar-refractivity contribution in [1.29, 1.82) is 0 Å². The molecule has 1 unspecified atom stereocenters. The monoisotopic (exact) mass is 239 g/mol. The first-order valence-corrected chi connectivity index (χ1v) is 6.29. The molecule has 0 aromatic heterocycles. The zero-order valence-electron chi connectivity index (χ0n) is 9.32. The molecule has 0 aliphatic heterocycles. The van der Waals surface area contributed by atoms with E-state index < -0.39 is 6.10 Å². The van der Waals surface area contributed by atoms with Crippen LogP contribution in [-0.4, -0.2) is 5.11 Å². The van der Waals surface area contributed by atoms with E-state index in [9.17, 15) is 5.11 Å². The Kier molecular flexibility index (Phi) is 3.72. The van der Waals surface area contributed by atoms with Crippen LogP contribution in [0.2, 0.25) is 5.02 Å². The number of nitrogen functional groups attached to an aromatic ring is 1. The second-order valence-electron chi connectivity index (χ2n) is 4.62. The van der Waals surface area contributed by atoms with Gasteiger partial charge in [-0.3, -0.25) is 0 Å². The molecule has 88 valence electrons. The van der Waals surface area contributed by atoms with Crippen molar-refractivity contribution >= 4 is 17.3 Å². The molecule has 16 heavy (non-hydrogen) atoms. The van der Waals surface area contributed by atoms with Crippen molar-refractivity contribution in [3.63, 3.8) is 0 Å². The van der Waals surface area contributed by atoms with E-state index in [-0.39, 0.29) is 0 Å². The molecule has 1 aromatic carbocycles. The minimum Gasteiger partial charge on any atom is -0.398 e. The second-order valence-corrected chi connectivity index (χ2v) is 5.05. The third-order valence-electron chi connectivity index (χ3n) is 3.46. The summed E-state index contributed by atoms with van der Waals surface area (Å²) < 4.78 is 0. The first-order valence-electron chi connectivity index (χ1n) is 5.91. The maximum absolute atomic E-state index is 10.3. The standard InChI is InChI=1S/C13H18ClNO/c14-10-6-7-11(12(15)8-10)13(16)9-4-2-1-3-5-9/h6-9,13,16H,1-5,15H2. The molecular formula is C13H18ClNO. The molecule has 3 heteroatoms. The van der Waals surface area contributed by atoms with E-state index in [4.69, 9.17) is 17.3 Å². The molecule has 1 saturated carbocycles. The molecule has 0 spiro atoms. The van der Waals surface area contributed by atoms with Gasteiger partial charge in [-0.1, -0.05) is 36.9 Å². The fourth-order valence-electron chi connectivity index (χ4n) is 2.52. The molecule has 0 saturated heterocycles. The number of halogens is 1. The van der Waals surface area contributed by atoms with Crippen LogP contribution in [0.25, 0.3) is 0 Å². The van der Waals surface area contributed by atoms with Crippen LogP contribution in [0.4, 0.5) is 5.69 Å². The predicted molar refractivity (Wildman–Crippen MR) is 67.4 cm³/mol. The van der Waals surface area contributed by atoms with Crippen molar-refractivity contribution in [2.75, 3.05) is 5.73 Å². The lowest BCUT2D eigenvalue weighted by Gasteiger charge is -2.27. The Morgan fingerprint density at radius 1 is 1.25 bits per heavy atom. The van der Waals surface area contributed by atoms with E-state index in [0.29, 0.717) is 16.6 Å². The normalized spacial score (nSPS) is 19.6. The van der Waals surface area contributed by atoms with Gasteiger partial charge in [-0.05, 0) is 30.9 Å². The van der Waals surface area contributed by atoms with Gasteiger partial charge < -0.3 is 10.8 Å². The van der Waals surface area contributed by atoms with Crippen molar-refractivity contribution in [3.8, 4) is 0 Å². The summed E-state index contributed by atoms with van der Waals surface area (Å²) in [6.45, 7) is 0. The van der Waals surface area contributed by atoms with Crippen molar-refractivity contribution in [2.45, 2.75) is 38.2 Å². The molecule has 2 rings (SSSR count). The first kappa shape index (κ1) is 11.7. The highest BCUT2D eigenvalue weighted by molar-refractivity contribution is 6.30. The van der Waals surface area contributed by atoms with Gasteiger partial charge in [-0.25, -0.2) is 0 Å². The number of benzene rings is 1. The SMILES string of the molecule is Nc1cc(Cl)ccc1C(O)C1CCCCC1. The summed E-state index contributed by atoms with van der Waals surface area (Å²) in [5.74, 6) is 0.359. The molecule has 0 heterocycles. The van der Waals surface area contributed by atoms with Crippen molar-refractivity contribution < 1.29 is 5.11 Å². The highest BCUT2D eigenvalue weighted by atomic mass is 35.5. The minimum atomic E-state index is -0.433. The fourth-order valence-corrected chi connectivity index (χ4v) is 2.70. The second kappa shape index (κ2) is 5.07. The number of hydrogen-bond donors (Lipinski definition) is 2. The van der Waals surface area contributed by atoms with E-state index in [1.165, 1.54) is 19.3 Å². The van der Waals surface area contributed by atoms with Crippen LogP contribution in [0.5, 0.6) is 0 Å². The van der Waals surface area contributed by atoms with Gasteiger partial charge in [-0.2, -0.15) is 0 Å². The Morgan fingerprint density at radius 2 is 1.94 bits per heavy atom. The summed E-state index contributed by atoms with van der Waals surface area (Å²) in [6, 6.07) is 5.35. The predicted octanol–water partition coefficient (Wildman–Crippen LogP) is 3.54. The summed E-state index contributed by atoms with van der Waals surface area (Å²) in [7, 11) is 0. The zero-order chi connectivity index (χ0) is 11.5. The van der Waals surface area contributed by atoms with E-state index in [1.54, 1.807) is 12.1 Å². The van der Waals surface area contributed by atoms with Crippen LogP contribution in [0.3, 0.4) is 0 Å². The Bertz CT molecular complexity index is 361. The van der Waals surface area contributed by atoms with Crippen LogP contribution in [-0.2, 0) is 0 Å². The Hall–Kier alpha value is -0.730. The number of anilines is 1. The summed E-state index contributed by atoms with van der Waals surface area (Å²) in [5, 5.41) is 10.9. The molecule has 0 radical (unpaired) electrons. The number of hydrogen-bond acceptors (Lipinski definition) is 2. The maximum Gasteiger partial charge on any atom is 0.0838 e. The Labute approximate surface area is 101 Å². The molecular weight excluding hydrogens is 222 g/mol. The van der Waals surface area contributed by atoms with E-state index in [1.807, 2.05) is 6.07 Å². The van der Waals surface area contributed by atoms with Gasteiger partial charge in [0.15, 0.2) is 0 Å². The molecule has 3 N–H and O–H groups in total. The number of nitrogens with two attached hydrogens (primary N) is 1. The average molecular weight is 240 g/mol. The highest BCUT2D eigenvalue weighted by Gasteiger charge is 2.24. The van der Waals surface area contributed by atoms with Crippen LogP contribution < -0.4 is 5.73 Å². The average Bonchev–Trinajstić information content (AvgIpc) is 2.29. The van der Waals surface area contributed by atoms with Crippen LogP contribution in [0, 0.1) is 5.92 Å². The summed E-state index contributed by atoms with van der Waals surface area (Å²) in [4.78, 5) is 0. The lowest BCUT2D eigenvalue weighted by Crippen LogP contribution is -2.17. The largest absolute Gasteiger partial charge is 0.398 e. The molecule has 1 aromatic rings. The molecule has 2 nitrogen and oxygen atoms in total. The van der Waals surface area contributed by atoms with Gasteiger partial charge >= 0.3 is 0 Å². The topological polar surface area (TPSA) is 46.2 Å². The molecule has 1 fully saturated rings. The van der Waals surface area contributed by atoms with Gasteiger partial charge in [0.1, 0.15) is 0 Å². The van der Waals surface area contributed by atoms with Gasteiger partial charge in [0.25, 0.3) is 0 Å². The quantitative estimate of drug-likeness (QED) is 0.776.